The van der Waals surface area contributed by atoms with Gasteiger partial charge in [-0.2, -0.15) is 0 Å². The highest BCUT2D eigenvalue weighted by Crippen LogP contribution is 2.35. The van der Waals surface area contributed by atoms with Crippen molar-refractivity contribution in [3.63, 3.8) is 0 Å². The smallest absolute Gasteiger partial charge is 0.267 e. The van der Waals surface area contributed by atoms with Gasteiger partial charge in [-0.15, -0.1) is 0 Å². The van der Waals surface area contributed by atoms with E-state index in [0.29, 0.717) is 5.92 Å². The van der Waals surface area contributed by atoms with Crippen molar-refractivity contribution in [1.82, 2.24) is 0 Å². The van der Waals surface area contributed by atoms with Crippen molar-refractivity contribution in [3.05, 3.63) is 21.8 Å². The van der Waals surface area contributed by atoms with Crippen LogP contribution in [-0.4, -0.2) is 18.6 Å². The van der Waals surface area contributed by atoms with Crippen LogP contribution in [0.3, 0.4) is 0 Å². The van der Waals surface area contributed by atoms with Crippen LogP contribution in [0, 0.1) is 9.49 Å². The number of fused-ring (bicyclic) bond motifs is 1. The van der Waals surface area contributed by atoms with Gasteiger partial charge in [-0.25, -0.2) is 0 Å². The van der Waals surface area contributed by atoms with Gasteiger partial charge in [0.15, 0.2) is 6.10 Å². The molecule has 0 spiro atoms. The zero-order chi connectivity index (χ0) is 14.0. The fraction of sp³-hybridized carbons (Fsp3) is 0.533. The highest BCUT2D eigenvalue weighted by molar-refractivity contribution is 14.1. The summed E-state index contributed by atoms with van der Waals surface area (Å²) in [7, 11) is 0. The lowest BCUT2D eigenvalue weighted by molar-refractivity contribution is -0.125. The minimum absolute atomic E-state index is 0.0671. The van der Waals surface area contributed by atoms with Crippen LogP contribution < -0.4 is 9.64 Å². The van der Waals surface area contributed by atoms with E-state index in [0.717, 1.165) is 34.4 Å². The van der Waals surface area contributed by atoms with Crippen LogP contribution in [0.2, 0.25) is 0 Å². The zero-order valence-electron chi connectivity index (χ0n) is 11.6. The molecule has 1 aromatic carbocycles. The van der Waals surface area contributed by atoms with E-state index in [9.17, 15) is 4.79 Å². The van der Waals surface area contributed by atoms with E-state index in [2.05, 4.69) is 36.4 Å². The van der Waals surface area contributed by atoms with Crippen LogP contribution in [0.4, 0.5) is 5.69 Å². The molecule has 3 nitrogen and oxygen atoms in total. The molecule has 1 amide bonds. The molecule has 1 aliphatic rings. The lowest BCUT2D eigenvalue weighted by Gasteiger charge is -2.33. The maximum Gasteiger partial charge on any atom is 0.267 e. The number of amides is 1. The maximum atomic E-state index is 12.2. The van der Waals surface area contributed by atoms with Crippen molar-refractivity contribution < 1.29 is 9.53 Å². The highest BCUT2D eigenvalue weighted by Gasteiger charge is 2.31. The molecule has 0 aromatic heterocycles. The average molecular weight is 373 g/mol. The molecule has 0 fully saturated rings. The molecular formula is C15H20INO2. The van der Waals surface area contributed by atoms with Gasteiger partial charge in [0.05, 0.1) is 5.69 Å². The lowest BCUT2D eigenvalue weighted by atomic mass is 10.1. The fourth-order valence-electron chi connectivity index (χ4n) is 2.27. The molecule has 0 aliphatic carbocycles. The van der Waals surface area contributed by atoms with Crippen LogP contribution >= 0.6 is 22.6 Å². The van der Waals surface area contributed by atoms with Crippen molar-refractivity contribution >= 4 is 34.2 Å². The molecular weight excluding hydrogens is 353 g/mol. The Bertz CT molecular complexity index is 473. The number of benzene rings is 1. The third-order valence-corrected chi connectivity index (χ3v) is 3.96. The number of rotatable bonds is 4. The SMILES string of the molecule is CC(C)CCCN1C(=O)C(C)Oc2cc(I)ccc21. The van der Waals surface area contributed by atoms with E-state index in [-0.39, 0.29) is 12.0 Å². The van der Waals surface area contributed by atoms with Gasteiger partial charge < -0.3 is 9.64 Å². The Balaban J connectivity index is 2.19. The summed E-state index contributed by atoms with van der Waals surface area (Å²) in [6.07, 6.45) is 1.78. The second kappa shape index (κ2) is 6.11. The Morgan fingerprint density at radius 1 is 1.42 bits per heavy atom. The molecule has 1 heterocycles. The molecule has 0 saturated carbocycles. The molecule has 0 saturated heterocycles. The van der Waals surface area contributed by atoms with Crippen LogP contribution in [0.15, 0.2) is 18.2 Å². The summed E-state index contributed by atoms with van der Waals surface area (Å²) in [6, 6.07) is 5.99. The molecule has 104 valence electrons. The summed E-state index contributed by atoms with van der Waals surface area (Å²) in [5.41, 5.74) is 0.910. The third kappa shape index (κ3) is 3.41. The number of hydrogen-bond acceptors (Lipinski definition) is 2. The van der Waals surface area contributed by atoms with Crippen LogP contribution in [0.1, 0.15) is 33.6 Å². The first kappa shape index (κ1) is 14.6. The summed E-state index contributed by atoms with van der Waals surface area (Å²) >= 11 is 2.26. The summed E-state index contributed by atoms with van der Waals surface area (Å²) in [5, 5.41) is 0. The van der Waals surface area contributed by atoms with Gasteiger partial charge >= 0.3 is 0 Å². The molecule has 1 atom stereocenters. The number of anilines is 1. The average Bonchev–Trinajstić information content (AvgIpc) is 2.33. The predicted molar refractivity (Wildman–Crippen MR) is 85.7 cm³/mol. The summed E-state index contributed by atoms with van der Waals surface area (Å²) < 4.78 is 6.81. The van der Waals surface area contributed by atoms with E-state index in [1.165, 1.54) is 0 Å². The van der Waals surface area contributed by atoms with Crippen molar-refractivity contribution in [3.8, 4) is 5.75 Å². The lowest BCUT2D eigenvalue weighted by Crippen LogP contribution is -2.45. The topological polar surface area (TPSA) is 29.5 Å². The number of halogens is 1. The quantitative estimate of drug-likeness (QED) is 0.751. The van der Waals surface area contributed by atoms with Crippen LogP contribution in [-0.2, 0) is 4.79 Å². The number of carbonyl (C=O) groups excluding carboxylic acids is 1. The van der Waals surface area contributed by atoms with Gasteiger partial charge in [0.2, 0.25) is 0 Å². The van der Waals surface area contributed by atoms with E-state index < -0.39 is 0 Å². The number of nitrogens with zero attached hydrogens (tertiary/aromatic N) is 1. The monoisotopic (exact) mass is 373 g/mol. The van der Waals surface area contributed by atoms with Gasteiger partial charge in [0.1, 0.15) is 5.75 Å². The largest absolute Gasteiger partial charge is 0.479 e. The normalized spacial score (nSPS) is 18.5. The number of ether oxygens (including phenoxy) is 1. The van der Waals surface area contributed by atoms with Crippen LogP contribution in [0.25, 0.3) is 0 Å². The Labute approximate surface area is 128 Å². The molecule has 19 heavy (non-hydrogen) atoms. The van der Waals surface area contributed by atoms with Gasteiger partial charge in [-0.3, -0.25) is 4.79 Å². The molecule has 4 heteroatoms. The third-order valence-electron chi connectivity index (χ3n) is 3.29. The van der Waals surface area contributed by atoms with Crippen molar-refractivity contribution in [1.29, 1.82) is 0 Å². The van der Waals surface area contributed by atoms with Crippen molar-refractivity contribution in [2.45, 2.75) is 39.7 Å². The second-order valence-corrected chi connectivity index (χ2v) is 6.64. The van der Waals surface area contributed by atoms with Gasteiger partial charge in [-0.05, 0) is 66.5 Å². The fourth-order valence-corrected chi connectivity index (χ4v) is 2.74. The Hall–Kier alpha value is -0.780. The molecule has 1 unspecified atom stereocenters. The Morgan fingerprint density at radius 2 is 2.16 bits per heavy atom. The van der Waals surface area contributed by atoms with E-state index >= 15 is 0 Å². The molecule has 2 rings (SSSR count). The zero-order valence-corrected chi connectivity index (χ0v) is 13.8. The van der Waals surface area contributed by atoms with Gasteiger partial charge in [-0.1, -0.05) is 13.8 Å². The molecule has 0 radical (unpaired) electrons. The standard InChI is InChI=1S/C15H20INO2/c1-10(2)5-4-8-17-13-7-6-12(16)9-14(13)19-11(3)15(17)18/h6-7,9-11H,4-5,8H2,1-3H3. The number of carbonyl (C=O) groups is 1. The summed E-state index contributed by atoms with van der Waals surface area (Å²) in [5.74, 6) is 1.56. The first-order valence-electron chi connectivity index (χ1n) is 6.76. The van der Waals surface area contributed by atoms with E-state index in [1.807, 2.05) is 30.0 Å². The Kier molecular flexibility index (Phi) is 4.71. The number of hydrogen-bond donors (Lipinski definition) is 0. The summed E-state index contributed by atoms with van der Waals surface area (Å²) in [6.45, 7) is 7.01. The van der Waals surface area contributed by atoms with Crippen molar-refractivity contribution in [2.75, 3.05) is 11.4 Å². The van der Waals surface area contributed by atoms with Crippen LogP contribution in [0.5, 0.6) is 5.75 Å². The minimum Gasteiger partial charge on any atom is -0.479 e. The van der Waals surface area contributed by atoms with Gasteiger partial charge in [0, 0.05) is 10.1 Å². The van der Waals surface area contributed by atoms with E-state index in [1.54, 1.807) is 0 Å². The Morgan fingerprint density at radius 3 is 2.84 bits per heavy atom. The molecule has 0 N–H and O–H groups in total. The molecule has 1 aromatic rings. The van der Waals surface area contributed by atoms with Gasteiger partial charge in [0.25, 0.3) is 5.91 Å². The maximum absolute atomic E-state index is 12.2. The highest BCUT2D eigenvalue weighted by atomic mass is 127. The second-order valence-electron chi connectivity index (χ2n) is 5.40. The first-order chi connectivity index (χ1) is 8.99. The van der Waals surface area contributed by atoms with Crippen molar-refractivity contribution in [2.24, 2.45) is 5.92 Å². The molecule has 0 bridgehead atoms. The first-order valence-corrected chi connectivity index (χ1v) is 7.84. The van der Waals surface area contributed by atoms with E-state index in [4.69, 9.17) is 4.74 Å². The predicted octanol–water partition coefficient (Wildman–Crippen LogP) is 3.84. The summed E-state index contributed by atoms with van der Waals surface area (Å²) in [4.78, 5) is 14.1. The molecule has 1 aliphatic heterocycles. The minimum atomic E-state index is -0.384.